The lowest BCUT2D eigenvalue weighted by Gasteiger charge is -2.38. The minimum atomic E-state index is -0.195. The standard InChI is InChI=1S/C16H27N3O/c1-12(2)19-7-4-3-5-14(19)9-13-11-18-8-6-15(20)10-16(18)17-13/h11-12,14-15,20H,3-10H2,1-2H3. The first kappa shape index (κ1) is 14.1. The zero-order chi connectivity index (χ0) is 14.1. The summed E-state index contributed by atoms with van der Waals surface area (Å²) in [7, 11) is 0. The molecule has 0 saturated carbocycles. The quantitative estimate of drug-likeness (QED) is 0.918. The predicted octanol–water partition coefficient (Wildman–Crippen LogP) is 2.00. The molecule has 0 bridgehead atoms. The second-order valence-corrected chi connectivity index (χ2v) is 6.67. The fourth-order valence-corrected chi connectivity index (χ4v) is 3.73. The molecule has 2 atom stereocenters. The zero-order valence-corrected chi connectivity index (χ0v) is 12.8. The van der Waals surface area contributed by atoms with Crippen LogP contribution in [0.5, 0.6) is 0 Å². The Hall–Kier alpha value is -0.870. The normalized spacial score (nSPS) is 27.8. The predicted molar refractivity (Wildman–Crippen MR) is 79.7 cm³/mol. The van der Waals surface area contributed by atoms with E-state index in [1.807, 2.05) is 0 Å². The number of fused-ring (bicyclic) bond motifs is 1. The van der Waals surface area contributed by atoms with Crippen LogP contribution < -0.4 is 0 Å². The average molecular weight is 277 g/mol. The Balaban J connectivity index is 1.70. The van der Waals surface area contributed by atoms with Gasteiger partial charge in [0, 0.05) is 37.7 Å². The van der Waals surface area contributed by atoms with E-state index >= 15 is 0 Å². The number of aryl methyl sites for hydroxylation is 1. The highest BCUT2D eigenvalue weighted by Gasteiger charge is 2.26. The van der Waals surface area contributed by atoms with Crippen LogP contribution in [0.1, 0.15) is 51.0 Å². The van der Waals surface area contributed by atoms with Gasteiger partial charge >= 0.3 is 0 Å². The van der Waals surface area contributed by atoms with Gasteiger partial charge in [0.25, 0.3) is 0 Å². The molecule has 112 valence electrons. The van der Waals surface area contributed by atoms with E-state index in [-0.39, 0.29) is 6.10 Å². The number of rotatable bonds is 3. The molecular formula is C16H27N3O. The number of likely N-dealkylation sites (tertiary alicyclic amines) is 1. The van der Waals surface area contributed by atoms with Gasteiger partial charge in [-0.1, -0.05) is 6.42 Å². The smallest absolute Gasteiger partial charge is 0.111 e. The molecule has 1 aromatic heterocycles. The van der Waals surface area contributed by atoms with Crippen molar-refractivity contribution >= 4 is 0 Å². The summed E-state index contributed by atoms with van der Waals surface area (Å²) in [6, 6.07) is 1.27. The highest BCUT2D eigenvalue weighted by atomic mass is 16.3. The minimum absolute atomic E-state index is 0.195. The third-order valence-electron chi connectivity index (χ3n) is 4.81. The summed E-state index contributed by atoms with van der Waals surface area (Å²) in [6.07, 6.45) is 8.65. The second-order valence-electron chi connectivity index (χ2n) is 6.67. The monoisotopic (exact) mass is 277 g/mol. The Kier molecular flexibility index (Phi) is 4.13. The molecule has 4 nitrogen and oxygen atoms in total. The molecule has 0 aliphatic carbocycles. The lowest BCUT2D eigenvalue weighted by Crippen LogP contribution is -2.45. The van der Waals surface area contributed by atoms with Gasteiger partial charge in [0.2, 0.25) is 0 Å². The fourth-order valence-electron chi connectivity index (χ4n) is 3.73. The maximum Gasteiger partial charge on any atom is 0.111 e. The Morgan fingerprint density at radius 3 is 2.95 bits per heavy atom. The van der Waals surface area contributed by atoms with Crippen LogP contribution in [0.3, 0.4) is 0 Å². The Morgan fingerprint density at radius 2 is 2.15 bits per heavy atom. The van der Waals surface area contributed by atoms with Crippen LogP contribution in [0, 0.1) is 0 Å². The van der Waals surface area contributed by atoms with Crippen molar-refractivity contribution in [3.63, 3.8) is 0 Å². The Bertz CT molecular complexity index is 455. The molecule has 1 saturated heterocycles. The zero-order valence-electron chi connectivity index (χ0n) is 12.8. The molecule has 2 unspecified atom stereocenters. The van der Waals surface area contributed by atoms with E-state index in [1.54, 1.807) is 0 Å². The molecule has 1 N–H and O–H groups in total. The average Bonchev–Trinajstić information content (AvgIpc) is 2.80. The highest BCUT2D eigenvalue weighted by molar-refractivity contribution is 5.09. The molecule has 3 heterocycles. The Morgan fingerprint density at radius 1 is 1.30 bits per heavy atom. The summed E-state index contributed by atoms with van der Waals surface area (Å²) in [6.45, 7) is 6.75. The van der Waals surface area contributed by atoms with Crippen molar-refractivity contribution in [2.75, 3.05) is 6.54 Å². The third-order valence-corrected chi connectivity index (χ3v) is 4.81. The van der Waals surface area contributed by atoms with E-state index in [4.69, 9.17) is 4.98 Å². The van der Waals surface area contributed by atoms with Gasteiger partial charge in [-0.2, -0.15) is 0 Å². The van der Waals surface area contributed by atoms with E-state index in [2.05, 4.69) is 29.5 Å². The summed E-state index contributed by atoms with van der Waals surface area (Å²) in [5.74, 6) is 1.07. The van der Waals surface area contributed by atoms with Gasteiger partial charge in [0.05, 0.1) is 11.8 Å². The molecule has 1 fully saturated rings. The molecule has 20 heavy (non-hydrogen) atoms. The molecule has 3 rings (SSSR count). The molecule has 2 aliphatic heterocycles. The number of aliphatic hydroxyl groups excluding tert-OH is 1. The molecule has 0 aromatic carbocycles. The van der Waals surface area contributed by atoms with Gasteiger partial charge in [-0.3, -0.25) is 4.90 Å². The van der Waals surface area contributed by atoms with Crippen LogP contribution in [-0.2, 0) is 19.4 Å². The topological polar surface area (TPSA) is 41.3 Å². The summed E-state index contributed by atoms with van der Waals surface area (Å²) in [4.78, 5) is 7.40. The first-order valence-electron chi connectivity index (χ1n) is 8.12. The van der Waals surface area contributed by atoms with Crippen molar-refractivity contribution in [1.82, 2.24) is 14.5 Å². The van der Waals surface area contributed by atoms with Crippen LogP contribution in [0.25, 0.3) is 0 Å². The van der Waals surface area contributed by atoms with E-state index in [9.17, 15) is 5.11 Å². The van der Waals surface area contributed by atoms with Crippen molar-refractivity contribution in [3.8, 4) is 0 Å². The van der Waals surface area contributed by atoms with Crippen LogP contribution in [0.4, 0.5) is 0 Å². The van der Waals surface area contributed by atoms with E-state index in [0.717, 1.165) is 31.6 Å². The van der Waals surface area contributed by atoms with Gasteiger partial charge < -0.3 is 9.67 Å². The number of imidazole rings is 1. The van der Waals surface area contributed by atoms with Gasteiger partial charge in [-0.25, -0.2) is 4.98 Å². The molecule has 0 spiro atoms. The van der Waals surface area contributed by atoms with Crippen molar-refractivity contribution in [2.24, 2.45) is 0 Å². The molecule has 4 heteroatoms. The molecule has 1 aromatic rings. The van der Waals surface area contributed by atoms with Crippen LogP contribution in [-0.4, -0.2) is 44.3 Å². The number of aliphatic hydroxyl groups is 1. The number of hydrogen-bond donors (Lipinski definition) is 1. The second kappa shape index (κ2) is 5.86. The highest BCUT2D eigenvalue weighted by Crippen LogP contribution is 2.23. The first-order chi connectivity index (χ1) is 9.63. The molecule has 0 amide bonds. The van der Waals surface area contributed by atoms with Crippen LogP contribution in [0.2, 0.25) is 0 Å². The fraction of sp³-hybridized carbons (Fsp3) is 0.812. The van der Waals surface area contributed by atoms with Gasteiger partial charge in [-0.05, 0) is 39.7 Å². The van der Waals surface area contributed by atoms with Crippen LogP contribution >= 0.6 is 0 Å². The maximum atomic E-state index is 9.74. The van der Waals surface area contributed by atoms with Crippen molar-refractivity contribution in [3.05, 3.63) is 17.7 Å². The minimum Gasteiger partial charge on any atom is -0.393 e. The van der Waals surface area contributed by atoms with E-state index in [0.29, 0.717) is 12.1 Å². The Labute approximate surface area is 121 Å². The lowest BCUT2D eigenvalue weighted by atomic mass is 9.97. The molecular weight excluding hydrogens is 250 g/mol. The summed E-state index contributed by atoms with van der Waals surface area (Å²) in [5, 5.41) is 9.74. The summed E-state index contributed by atoms with van der Waals surface area (Å²) >= 11 is 0. The summed E-state index contributed by atoms with van der Waals surface area (Å²) in [5.41, 5.74) is 1.21. The number of aromatic nitrogens is 2. The third kappa shape index (κ3) is 2.91. The van der Waals surface area contributed by atoms with Gasteiger partial charge in [-0.15, -0.1) is 0 Å². The molecule has 0 radical (unpaired) electrons. The lowest BCUT2D eigenvalue weighted by molar-refractivity contribution is 0.111. The SMILES string of the molecule is CC(C)N1CCCCC1Cc1cn2c(n1)CC(O)CC2. The number of nitrogens with zero attached hydrogens (tertiary/aromatic N) is 3. The van der Waals surface area contributed by atoms with Gasteiger partial charge in [0.15, 0.2) is 0 Å². The molecule has 2 aliphatic rings. The van der Waals surface area contributed by atoms with Crippen molar-refractivity contribution < 1.29 is 5.11 Å². The number of hydrogen-bond acceptors (Lipinski definition) is 3. The van der Waals surface area contributed by atoms with Crippen LogP contribution in [0.15, 0.2) is 6.20 Å². The van der Waals surface area contributed by atoms with E-state index in [1.165, 1.54) is 31.5 Å². The van der Waals surface area contributed by atoms with Gasteiger partial charge in [0.1, 0.15) is 5.82 Å². The van der Waals surface area contributed by atoms with Crippen molar-refractivity contribution in [2.45, 2.75) is 77.1 Å². The van der Waals surface area contributed by atoms with Crippen molar-refractivity contribution in [1.29, 1.82) is 0 Å². The maximum absolute atomic E-state index is 9.74. The summed E-state index contributed by atoms with van der Waals surface area (Å²) < 4.78 is 2.24. The number of piperidine rings is 1. The first-order valence-corrected chi connectivity index (χ1v) is 8.12. The van der Waals surface area contributed by atoms with E-state index < -0.39 is 0 Å². The largest absolute Gasteiger partial charge is 0.393 e.